The van der Waals surface area contributed by atoms with Crippen molar-refractivity contribution in [3.63, 3.8) is 0 Å². The molecular formula is C12H14ClFN2O3. The molecule has 0 heterocycles. The van der Waals surface area contributed by atoms with Gasteiger partial charge in [-0.25, -0.2) is 9.18 Å². The zero-order valence-electron chi connectivity index (χ0n) is 10.3. The Bertz CT molecular complexity index is 482. The maximum Gasteiger partial charge on any atom is 0.323 e. The molecule has 1 aromatic rings. The zero-order valence-corrected chi connectivity index (χ0v) is 11.1. The van der Waals surface area contributed by atoms with Gasteiger partial charge in [0.1, 0.15) is 12.4 Å². The topological polar surface area (TPSA) is 69.6 Å². The van der Waals surface area contributed by atoms with Gasteiger partial charge in [-0.2, -0.15) is 0 Å². The molecule has 0 aliphatic rings. The van der Waals surface area contributed by atoms with Crippen LogP contribution < -0.4 is 5.32 Å². The Morgan fingerprint density at radius 1 is 1.47 bits per heavy atom. The second-order valence-electron chi connectivity index (χ2n) is 3.87. The van der Waals surface area contributed by atoms with Crippen molar-refractivity contribution in [2.75, 3.05) is 18.4 Å². The predicted octanol–water partition coefficient (Wildman–Crippen LogP) is 2.81. The summed E-state index contributed by atoms with van der Waals surface area (Å²) in [5.74, 6) is -1.62. The van der Waals surface area contributed by atoms with Crippen LogP contribution in [0.1, 0.15) is 13.3 Å². The lowest BCUT2D eigenvalue weighted by Crippen LogP contribution is -2.39. The predicted molar refractivity (Wildman–Crippen MR) is 69.9 cm³/mol. The van der Waals surface area contributed by atoms with E-state index >= 15 is 0 Å². The number of carbonyl (C=O) groups is 2. The molecule has 0 aliphatic carbocycles. The fourth-order valence-corrected chi connectivity index (χ4v) is 1.69. The molecule has 1 aromatic carbocycles. The van der Waals surface area contributed by atoms with Crippen LogP contribution in [0.3, 0.4) is 0 Å². The first kappa shape index (κ1) is 15.2. The van der Waals surface area contributed by atoms with Crippen LogP contribution in [0.4, 0.5) is 14.9 Å². The molecule has 104 valence electrons. The van der Waals surface area contributed by atoms with Crippen LogP contribution >= 0.6 is 11.6 Å². The van der Waals surface area contributed by atoms with Gasteiger partial charge < -0.3 is 15.3 Å². The molecular weight excluding hydrogens is 275 g/mol. The van der Waals surface area contributed by atoms with E-state index in [-0.39, 0.29) is 10.7 Å². The fraction of sp³-hybridized carbons (Fsp3) is 0.333. The molecule has 2 N–H and O–H groups in total. The molecule has 7 heteroatoms. The Balaban J connectivity index is 2.77. The lowest BCUT2D eigenvalue weighted by atomic mass is 10.3. The van der Waals surface area contributed by atoms with Gasteiger partial charge in [0.15, 0.2) is 0 Å². The number of carboxylic acids is 1. The molecule has 0 fully saturated rings. The molecule has 5 nitrogen and oxygen atoms in total. The summed E-state index contributed by atoms with van der Waals surface area (Å²) in [5, 5.41) is 11.2. The largest absolute Gasteiger partial charge is 0.480 e. The van der Waals surface area contributed by atoms with E-state index in [0.29, 0.717) is 13.0 Å². The molecule has 0 spiro atoms. The van der Waals surface area contributed by atoms with Crippen molar-refractivity contribution in [2.45, 2.75) is 13.3 Å². The third-order valence-corrected chi connectivity index (χ3v) is 2.59. The smallest absolute Gasteiger partial charge is 0.323 e. The zero-order chi connectivity index (χ0) is 14.4. The van der Waals surface area contributed by atoms with Gasteiger partial charge in [0.2, 0.25) is 0 Å². The molecule has 0 atom stereocenters. The summed E-state index contributed by atoms with van der Waals surface area (Å²) < 4.78 is 12.9. The first-order valence-electron chi connectivity index (χ1n) is 5.66. The first-order valence-corrected chi connectivity index (χ1v) is 6.04. The van der Waals surface area contributed by atoms with Gasteiger partial charge in [0.25, 0.3) is 0 Å². The van der Waals surface area contributed by atoms with Crippen LogP contribution in [0, 0.1) is 5.82 Å². The number of nitrogens with zero attached hydrogens (tertiary/aromatic N) is 1. The monoisotopic (exact) mass is 288 g/mol. The van der Waals surface area contributed by atoms with Crippen LogP contribution in [0.2, 0.25) is 5.02 Å². The lowest BCUT2D eigenvalue weighted by molar-refractivity contribution is -0.137. The molecule has 0 saturated heterocycles. The van der Waals surface area contributed by atoms with Gasteiger partial charge in [-0.15, -0.1) is 0 Å². The maximum absolute atomic E-state index is 12.9. The second kappa shape index (κ2) is 6.94. The number of carbonyl (C=O) groups excluding carboxylic acids is 1. The van der Waals surface area contributed by atoms with Crippen molar-refractivity contribution >= 4 is 29.3 Å². The standard InChI is InChI=1S/C12H14ClFN2O3/c1-2-5-16(7-11(17)18)12(19)15-10-4-3-8(14)6-9(10)13/h3-4,6H,2,5,7H2,1H3,(H,15,19)(H,17,18). The van der Waals surface area contributed by atoms with E-state index in [1.165, 1.54) is 6.07 Å². The van der Waals surface area contributed by atoms with E-state index in [1.54, 1.807) is 0 Å². The Labute approximate surface area is 115 Å². The van der Waals surface area contributed by atoms with Gasteiger partial charge in [-0.3, -0.25) is 4.79 Å². The number of rotatable bonds is 5. The summed E-state index contributed by atoms with van der Waals surface area (Å²) in [4.78, 5) is 23.7. The molecule has 0 unspecified atom stereocenters. The van der Waals surface area contributed by atoms with Crippen LogP contribution in [0.25, 0.3) is 0 Å². The summed E-state index contributed by atoms with van der Waals surface area (Å²) in [7, 11) is 0. The Morgan fingerprint density at radius 3 is 2.68 bits per heavy atom. The maximum atomic E-state index is 12.9. The minimum Gasteiger partial charge on any atom is -0.480 e. The number of urea groups is 1. The number of halogens is 2. The summed E-state index contributed by atoms with van der Waals surface area (Å²) >= 11 is 5.77. The minimum absolute atomic E-state index is 0.0557. The molecule has 0 bridgehead atoms. The normalized spacial score (nSPS) is 10.1. The third kappa shape index (κ3) is 4.75. The van der Waals surface area contributed by atoms with Crippen LogP contribution in [-0.2, 0) is 4.79 Å². The number of nitrogens with one attached hydrogen (secondary N) is 1. The second-order valence-corrected chi connectivity index (χ2v) is 4.28. The number of amides is 2. The molecule has 0 aromatic heterocycles. The number of hydrogen-bond acceptors (Lipinski definition) is 2. The summed E-state index contributed by atoms with van der Waals surface area (Å²) in [6.07, 6.45) is 0.623. The Kier molecular flexibility index (Phi) is 5.57. The van der Waals surface area contributed by atoms with E-state index in [0.717, 1.165) is 17.0 Å². The van der Waals surface area contributed by atoms with Crippen molar-refractivity contribution in [1.29, 1.82) is 0 Å². The van der Waals surface area contributed by atoms with Crippen molar-refractivity contribution in [3.05, 3.63) is 29.0 Å². The minimum atomic E-state index is -1.10. The summed E-state index contributed by atoms with van der Waals surface area (Å²) in [6, 6.07) is 2.96. The Morgan fingerprint density at radius 2 is 2.16 bits per heavy atom. The highest BCUT2D eigenvalue weighted by Crippen LogP contribution is 2.22. The van der Waals surface area contributed by atoms with Crippen LogP contribution in [-0.4, -0.2) is 35.1 Å². The molecule has 2 amide bonds. The van der Waals surface area contributed by atoms with Crippen LogP contribution in [0.5, 0.6) is 0 Å². The Hall–Kier alpha value is -1.82. The number of hydrogen-bond donors (Lipinski definition) is 2. The van der Waals surface area contributed by atoms with Crippen molar-refractivity contribution in [1.82, 2.24) is 4.90 Å². The number of carboxylic acid groups (broad SMARTS) is 1. The summed E-state index contributed by atoms with van der Waals surface area (Å²) in [5.41, 5.74) is 0.236. The fourth-order valence-electron chi connectivity index (χ4n) is 1.47. The lowest BCUT2D eigenvalue weighted by Gasteiger charge is -2.20. The number of anilines is 1. The van der Waals surface area contributed by atoms with Crippen molar-refractivity contribution in [3.8, 4) is 0 Å². The van der Waals surface area contributed by atoms with E-state index in [2.05, 4.69) is 5.32 Å². The van der Waals surface area contributed by atoms with E-state index in [9.17, 15) is 14.0 Å². The van der Waals surface area contributed by atoms with E-state index in [1.807, 2.05) is 6.92 Å². The average Bonchev–Trinajstić information content (AvgIpc) is 2.31. The number of benzene rings is 1. The van der Waals surface area contributed by atoms with Crippen LogP contribution in [0.15, 0.2) is 18.2 Å². The SMILES string of the molecule is CCCN(CC(=O)O)C(=O)Nc1ccc(F)cc1Cl. The molecule has 1 rings (SSSR count). The highest BCUT2D eigenvalue weighted by atomic mass is 35.5. The van der Waals surface area contributed by atoms with E-state index < -0.39 is 24.4 Å². The van der Waals surface area contributed by atoms with Crippen molar-refractivity contribution in [2.24, 2.45) is 0 Å². The highest BCUT2D eigenvalue weighted by Gasteiger charge is 2.16. The third-order valence-electron chi connectivity index (χ3n) is 2.28. The molecule has 0 aliphatic heterocycles. The molecule has 19 heavy (non-hydrogen) atoms. The van der Waals surface area contributed by atoms with Gasteiger partial charge in [-0.05, 0) is 24.6 Å². The van der Waals surface area contributed by atoms with Gasteiger partial charge >= 0.3 is 12.0 Å². The van der Waals surface area contributed by atoms with E-state index in [4.69, 9.17) is 16.7 Å². The average molecular weight is 289 g/mol. The number of aliphatic carboxylic acids is 1. The van der Waals surface area contributed by atoms with Gasteiger partial charge in [0.05, 0.1) is 10.7 Å². The summed E-state index contributed by atoms with van der Waals surface area (Å²) in [6.45, 7) is 1.72. The molecule has 0 radical (unpaired) electrons. The highest BCUT2D eigenvalue weighted by molar-refractivity contribution is 6.33. The molecule has 0 saturated carbocycles. The first-order chi connectivity index (χ1) is 8.93. The van der Waals surface area contributed by atoms with Gasteiger partial charge in [-0.1, -0.05) is 18.5 Å². The van der Waals surface area contributed by atoms with Gasteiger partial charge in [0, 0.05) is 6.54 Å². The quantitative estimate of drug-likeness (QED) is 0.875. The van der Waals surface area contributed by atoms with Crippen molar-refractivity contribution < 1.29 is 19.1 Å².